The second kappa shape index (κ2) is 12.6. The first kappa shape index (κ1) is 25.8. The van der Waals surface area contributed by atoms with Gasteiger partial charge in [0.2, 0.25) is 0 Å². The normalized spacial score (nSPS) is 11.4. The van der Waals surface area contributed by atoms with Gasteiger partial charge in [-0.25, -0.2) is 0 Å². The van der Waals surface area contributed by atoms with Gasteiger partial charge in [0.25, 0.3) is 0 Å². The highest BCUT2D eigenvalue weighted by atomic mass is 31.2. The zero-order valence-corrected chi connectivity index (χ0v) is 23.2. The van der Waals surface area contributed by atoms with Crippen molar-refractivity contribution in [2.45, 2.75) is 53.4 Å². The maximum Gasteiger partial charge on any atom is 0.0502 e. The first-order valence-corrected chi connectivity index (χ1v) is 15.4. The van der Waals surface area contributed by atoms with Crippen LogP contribution in [0.15, 0.2) is 97.1 Å². The van der Waals surface area contributed by atoms with E-state index < -0.39 is 16.1 Å². The molecule has 179 valence electrons. The summed E-state index contributed by atoms with van der Waals surface area (Å²) < 4.78 is 0. The topological polar surface area (TPSA) is 14.1 Å². The highest BCUT2D eigenvalue weighted by Crippen LogP contribution is 2.47. The van der Waals surface area contributed by atoms with Crippen LogP contribution in [0.5, 0.6) is 0 Å². The van der Waals surface area contributed by atoms with E-state index in [0.29, 0.717) is 0 Å². The van der Waals surface area contributed by atoms with E-state index in [9.17, 15) is 0 Å². The predicted octanol–water partition coefficient (Wildman–Crippen LogP) is 6.94. The third kappa shape index (κ3) is 5.76. The van der Waals surface area contributed by atoms with Crippen molar-refractivity contribution in [2.75, 3.05) is 0 Å². The molecule has 0 spiro atoms. The molecule has 0 fully saturated rings. The van der Waals surface area contributed by atoms with Crippen LogP contribution in [-0.4, -0.2) is 0 Å². The molecule has 4 aromatic carbocycles. The molecule has 0 aliphatic heterocycles. The molecule has 4 rings (SSSR count). The molecule has 0 aromatic heterocycles. The highest BCUT2D eigenvalue weighted by Gasteiger charge is 2.28. The van der Waals surface area contributed by atoms with Crippen molar-refractivity contribution in [2.24, 2.45) is 0 Å². The van der Waals surface area contributed by atoms with Crippen LogP contribution < -0.4 is 26.1 Å². The lowest BCUT2D eigenvalue weighted by Gasteiger charge is -2.30. The Kier molecular flexibility index (Phi) is 9.28. The van der Waals surface area contributed by atoms with Gasteiger partial charge in [-0.2, -0.15) is 4.86 Å². The lowest BCUT2D eigenvalue weighted by Crippen LogP contribution is -2.28. The second-order valence-corrected chi connectivity index (χ2v) is 12.5. The monoisotopic (exact) mass is 496 g/mol. The fourth-order valence-electron chi connectivity index (χ4n) is 4.61. The maximum absolute atomic E-state index is 5.92. The lowest BCUT2D eigenvalue weighted by atomic mass is 10.2. The van der Waals surface area contributed by atoms with Gasteiger partial charge >= 0.3 is 0 Å². The Balaban J connectivity index is 1.94. The van der Waals surface area contributed by atoms with Crippen LogP contribution in [0, 0.1) is 0 Å². The largest absolute Gasteiger partial charge is 0.173 e. The van der Waals surface area contributed by atoms with Gasteiger partial charge in [-0.3, -0.25) is 0 Å². The van der Waals surface area contributed by atoms with E-state index in [0.717, 1.165) is 25.7 Å². The van der Waals surface area contributed by atoms with Gasteiger partial charge in [0.15, 0.2) is 0 Å². The van der Waals surface area contributed by atoms with Crippen LogP contribution >= 0.6 is 16.1 Å². The van der Waals surface area contributed by atoms with Gasteiger partial charge in [0.05, 0.1) is 16.1 Å². The molecule has 0 N–H and O–H groups in total. The molecule has 4 aromatic rings. The molecule has 0 aliphatic carbocycles. The van der Waals surface area contributed by atoms with Crippen LogP contribution in [0.1, 0.15) is 49.9 Å². The number of rotatable bonds is 10. The molecule has 0 aliphatic rings. The van der Waals surface area contributed by atoms with Crippen LogP contribution in [0.25, 0.3) is 0 Å². The van der Waals surface area contributed by atoms with Crippen molar-refractivity contribution in [3.8, 4) is 0 Å². The molecule has 0 atom stereocenters. The first-order valence-electron chi connectivity index (χ1n) is 12.8. The Bertz CT molecular complexity index is 1060. The Labute approximate surface area is 214 Å². The second-order valence-electron chi connectivity index (χ2n) is 8.64. The Morgan fingerprint density at radius 3 is 0.857 bits per heavy atom. The molecule has 0 amide bonds. The first-order chi connectivity index (χ1) is 17.2. The van der Waals surface area contributed by atoms with Crippen molar-refractivity contribution in [3.05, 3.63) is 119 Å². The molecule has 1 radical (unpaired) electrons. The Hall–Kier alpha value is -2.30. The van der Waals surface area contributed by atoms with Crippen molar-refractivity contribution < 1.29 is 0 Å². The molecule has 3 heteroatoms. The number of hydrogen-bond acceptors (Lipinski definition) is 0. The number of aryl methyl sites for hydroxylation is 4. The van der Waals surface area contributed by atoms with E-state index >= 15 is 0 Å². The summed E-state index contributed by atoms with van der Waals surface area (Å²) in [4.78, 5) is 5.92. The molecule has 0 saturated heterocycles. The SMILES string of the molecule is CCc1ccccc1P([N]P(c1ccccc1CC)c1ccccc1CC)c1ccccc1CC. The number of nitrogens with zero attached hydrogens (tertiary/aromatic N) is 1. The molecule has 35 heavy (non-hydrogen) atoms. The highest BCUT2D eigenvalue weighted by molar-refractivity contribution is 7.85. The molecule has 0 heterocycles. The van der Waals surface area contributed by atoms with Gasteiger partial charge < -0.3 is 0 Å². The summed E-state index contributed by atoms with van der Waals surface area (Å²) in [5.74, 6) is 0. The number of benzene rings is 4. The van der Waals surface area contributed by atoms with Gasteiger partial charge in [0, 0.05) is 0 Å². The van der Waals surface area contributed by atoms with Crippen molar-refractivity contribution in [1.82, 2.24) is 4.86 Å². The minimum Gasteiger partial charge on any atom is -0.173 e. The molecule has 1 nitrogen and oxygen atoms in total. The summed E-state index contributed by atoms with van der Waals surface area (Å²) in [5, 5.41) is 5.62. The van der Waals surface area contributed by atoms with E-state index in [1.165, 1.54) is 43.5 Å². The summed E-state index contributed by atoms with van der Waals surface area (Å²) in [6, 6.07) is 35.9. The third-order valence-electron chi connectivity index (χ3n) is 6.58. The van der Waals surface area contributed by atoms with Crippen molar-refractivity contribution >= 4 is 37.4 Å². The smallest absolute Gasteiger partial charge is 0.0502 e. The average Bonchev–Trinajstić information content (AvgIpc) is 2.94. The van der Waals surface area contributed by atoms with E-state index in [4.69, 9.17) is 4.86 Å². The van der Waals surface area contributed by atoms with Crippen LogP contribution in [0.2, 0.25) is 0 Å². The minimum absolute atomic E-state index is 0.872. The summed E-state index contributed by atoms with van der Waals surface area (Å²) in [7, 11) is -1.74. The average molecular weight is 497 g/mol. The van der Waals surface area contributed by atoms with Crippen LogP contribution in [0.3, 0.4) is 0 Å². The lowest BCUT2D eigenvalue weighted by molar-refractivity contribution is 1.15. The van der Waals surface area contributed by atoms with Gasteiger partial charge in [-0.15, -0.1) is 0 Å². The van der Waals surface area contributed by atoms with Gasteiger partial charge in [-0.05, 0) is 69.2 Å². The molecule has 0 bridgehead atoms. The molecular formula is C32H36NP2. The quantitative estimate of drug-likeness (QED) is 0.211. The van der Waals surface area contributed by atoms with Crippen LogP contribution in [0.4, 0.5) is 0 Å². The molecular weight excluding hydrogens is 460 g/mol. The maximum atomic E-state index is 5.92. The Morgan fingerprint density at radius 2 is 0.629 bits per heavy atom. The van der Waals surface area contributed by atoms with Gasteiger partial charge in [-0.1, -0.05) is 125 Å². The standard InChI is InChI=1S/C32H36NP2/c1-5-25-17-9-13-21-29(25)34(30-22-14-10-18-26(30)6-2)33-35(31-23-15-11-19-27(31)7-3)32-24-16-12-20-28(32)8-4/h9-24H,5-8H2,1-4H3. The van der Waals surface area contributed by atoms with E-state index in [1.807, 2.05) is 0 Å². The predicted molar refractivity (Wildman–Crippen MR) is 158 cm³/mol. The third-order valence-corrected chi connectivity index (χ3v) is 11.6. The summed E-state index contributed by atoms with van der Waals surface area (Å²) in [5.41, 5.74) is 5.65. The zero-order chi connectivity index (χ0) is 24.6. The fourth-order valence-corrected chi connectivity index (χ4v) is 10.3. The van der Waals surface area contributed by atoms with E-state index in [-0.39, 0.29) is 0 Å². The summed E-state index contributed by atoms with van der Waals surface area (Å²) in [6.07, 6.45) is 4.09. The van der Waals surface area contributed by atoms with E-state index in [2.05, 4.69) is 125 Å². The number of hydrogen-bond donors (Lipinski definition) is 0. The van der Waals surface area contributed by atoms with Gasteiger partial charge in [0.1, 0.15) is 0 Å². The molecule has 0 saturated carbocycles. The van der Waals surface area contributed by atoms with Crippen molar-refractivity contribution in [1.29, 1.82) is 0 Å². The zero-order valence-electron chi connectivity index (χ0n) is 21.4. The van der Waals surface area contributed by atoms with E-state index in [1.54, 1.807) is 0 Å². The minimum atomic E-state index is -0.872. The Morgan fingerprint density at radius 1 is 0.400 bits per heavy atom. The fraction of sp³-hybridized carbons (Fsp3) is 0.250. The van der Waals surface area contributed by atoms with Crippen LogP contribution in [-0.2, 0) is 25.7 Å². The molecule has 0 unspecified atom stereocenters. The summed E-state index contributed by atoms with van der Waals surface area (Å²) >= 11 is 0. The summed E-state index contributed by atoms with van der Waals surface area (Å²) in [6.45, 7) is 9.05. The van der Waals surface area contributed by atoms with Crippen molar-refractivity contribution in [3.63, 3.8) is 0 Å².